The summed E-state index contributed by atoms with van der Waals surface area (Å²) in [6.45, 7) is 9.24. The maximum atomic E-state index is 11.1. The monoisotopic (exact) mass is 168 g/mol. The molecule has 68 valence electrons. The van der Waals surface area contributed by atoms with Gasteiger partial charge in [0.1, 0.15) is 6.04 Å². The molecule has 1 aliphatic heterocycles. The summed E-state index contributed by atoms with van der Waals surface area (Å²) >= 11 is 0. The molecule has 0 aromatic rings. The largest absolute Gasteiger partial charge is 0.338 e. The molecule has 0 spiro atoms. The average Bonchev–Trinajstić information content (AvgIpc) is 2.03. The number of amides is 1. The van der Waals surface area contributed by atoms with Crippen LogP contribution in [0.3, 0.4) is 0 Å². The van der Waals surface area contributed by atoms with Crippen molar-refractivity contribution in [3.63, 3.8) is 0 Å². The fourth-order valence-electron chi connectivity index (χ4n) is 1.23. The van der Waals surface area contributed by atoms with E-state index in [0.717, 1.165) is 6.54 Å². The summed E-state index contributed by atoms with van der Waals surface area (Å²) in [5.74, 6) is 0.0601. The second-order valence-electron chi connectivity index (χ2n) is 4.02. The molecular weight excluding hydrogens is 152 g/mol. The van der Waals surface area contributed by atoms with Crippen LogP contribution in [0.1, 0.15) is 13.8 Å². The van der Waals surface area contributed by atoms with Gasteiger partial charge >= 0.3 is 0 Å². The summed E-state index contributed by atoms with van der Waals surface area (Å²) in [4.78, 5) is 12.9. The molecule has 1 atom stereocenters. The molecule has 0 aromatic heterocycles. The number of rotatable bonds is 3. The minimum Gasteiger partial charge on any atom is -0.338 e. The molecule has 1 rings (SSSR count). The Kier molecular flexibility index (Phi) is 2.24. The Balaban J connectivity index is 2.44. The molecule has 0 radical (unpaired) electrons. The van der Waals surface area contributed by atoms with Gasteiger partial charge in [0, 0.05) is 13.1 Å². The minimum atomic E-state index is -0.259. The van der Waals surface area contributed by atoms with Crippen molar-refractivity contribution in [2.75, 3.05) is 13.1 Å². The van der Waals surface area contributed by atoms with Crippen LogP contribution in [0, 0.1) is 5.41 Å². The third kappa shape index (κ3) is 1.67. The number of nitrogens with zero attached hydrogens (tertiary/aromatic N) is 1. The lowest BCUT2D eigenvalue weighted by atomic mass is 9.91. The van der Waals surface area contributed by atoms with Gasteiger partial charge in [0.15, 0.2) is 0 Å². The zero-order valence-electron chi connectivity index (χ0n) is 7.71. The Hall–Kier alpha value is -0.830. The molecule has 1 saturated heterocycles. The molecule has 12 heavy (non-hydrogen) atoms. The lowest BCUT2D eigenvalue weighted by molar-refractivity contribution is -0.143. The quantitative estimate of drug-likeness (QED) is 0.489. The average molecular weight is 168 g/mol. The SMILES string of the molecule is C=CC(C)(C)CN1CC(N)C1=O. The Bertz CT molecular complexity index is 211. The van der Waals surface area contributed by atoms with Crippen molar-refractivity contribution in [3.05, 3.63) is 12.7 Å². The number of hydrogen-bond acceptors (Lipinski definition) is 2. The second-order valence-corrected chi connectivity index (χ2v) is 4.02. The highest BCUT2D eigenvalue weighted by molar-refractivity contribution is 5.87. The first-order valence-electron chi connectivity index (χ1n) is 4.14. The van der Waals surface area contributed by atoms with Crippen molar-refractivity contribution in [1.82, 2.24) is 4.90 Å². The predicted molar refractivity (Wildman–Crippen MR) is 48.5 cm³/mol. The number of carbonyl (C=O) groups is 1. The second kappa shape index (κ2) is 2.90. The zero-order chi connectivity index (χ0) is 9.35. The Morgan fingerprint density at radius 3 is 2.75 bits per heavy atom. The number of β-lactam (4-membered cyclic amide) rings is 1. The van der Waals surface area contributed by atoms with E-state index in [1.54, 1.807) is 4.90 Å². The Morgan fingerprint density at radius 2 is 2.42 bits per heavy atom. The van der Waals surface area contributed by atoms with Crippen LogP contribution in [0.5, 0.6) is 0 Å². The molecule has 1 heterocycles. The first kappa shape index (κ1) is 9.26. The molecule has 0 aromatic carbocycles. The molecular formula is C9H16N2O. The van der Waals surface area contributed by atoms with E-state index in [1.807, 2.05) is 6.08 Å². The van der Waals surface area contributed by atoms with Crippen molar-refractivity contribution < 1.29 is 4.79 Å². The standard InChI is InChI=1S/C9H16N2O/c1-4-9(2,3)6-11-5-7(10)8(11)12/h4,7H,1,5-6,10H2,2-3H3. The van der Waals surface area contributed by atoms with E-state index in [2.05, 4.69) is 20.4 Å². The highest BCUT2D eigenvalue weighted by Crippen LogP contribution is 2.21. The van der Waals surface area contributed by atoms with Crippen LogP contribution >= 0.6 is 0 Å². The highest BCUT2D eigenvalue weighted by Gasteiger charge is 2.35. The fraction of sp³-hybridized carbons (Fsp3) is 0.667. The van der Waals surface area contributed by atoms with Crippen LogP contribution in [-0.2, 0) is 4.79 Å². The lowest BCUT2D eigenvalue weighted by Gasteiger charge is -2.40. The van der Waals surface area contributed by atoms with Crippen LogP contribution in [0.25, 0.3) is 0 Å². The molecule has 1 unspecified atom stereocenters. The molecule has 3 heteroatoms. The van der Waals surface area contributed by atoms with E-state index in [9.17, 15) is 4.79 Å². The normalized spacial score (nSPS) is 23.8. The topological polar surface area (TPSA) is 46.3 Å². The van der Waals surface area contributed by atoms with E-state index >= 15 is 0 Å². The van der Waals surface area contributed by atoms with Gasteiger partial charge in [0.2, 0.25) is 5.91 Å². The van der Waals surface area contributed by atoms with E-state index in [-0.39, 0.29) is 17.4 Å². The summed E-state index contributed by atoms with van der Waals surface area (Å²) < 4.78 is 0. The van der Waals surface area contributed by atoms with Gasteiger partial charge in [-0.3, -0.25) is 4.79 Å². The molecule has 1 fully saturated rings. The summed E-state index contributed by atoms with van der Waals surface area (Å²) in [6.07, 6.45) is 1.87. The molecule has 1 amide bonds. The third-order valence-corrected chi connectivity index (χ3v) is 2.20. The first-order chi connectivity index (χ1) is 5.46. The Morgan fingerprint density at radius 1 is 1.83 bits per heavy atom. The molecule has 0 aliphatic carbocycles. The van der Waals surface area contributed by atoms with Crippen LogP contribution < -0.4 is 5.73 Å². The molecule has 0 bridgehead atoms. The lowest BCUT2D eigenvalue weighted by Crippen LogP contribution is -2.62. The third-order valence-electron chi connectivity index (χ3n) is 2.20. The number of carbonyl (C=O) groups excluding carboxylic acids is 1. The van der Waals surface area contributed by atoms with E-state index in [0.29, 0.717) is 6.54 Å². The van der Waals surface area contributed by atoms with Gasteiger partial charge in [-0.15, -0.1) is 6.58 Å². The maximum Gasteiger partial charge on any atom is 0.241 e. The molecule has 0 saturated carbocycles. The van der Waals surface area contributed by atoms with Gasteiger partial charge in [-0.05, 0) is 5.41 Å². The fourth-order valence-corrected chi connectivity index (χ4v) is 1.23. The molecule has 2 N–H and O–H groups in total. The molecule has 1 aliphatic rings. The summed E-state index contributed by atoms with van der Waals surface area (Å²) in [6, 6.07) is -0.259. The molecule has 3 nitrogen and oxygen atoms in total. The van der Waals surface area contributed by atoms with Crippen molar-refractivity contribution >= 4 is 5.91 Å². The smallest absolute Gasteiger partial charge is 0.241 e. The van der Waals surface area contributed by atoms with Gasteiger partial charge in [0.05, 0.1) is 0 Å². The summed E-state index contributed by atoms with van der Waals surface area (Å²) in [5.41, 5.74) is 5.45. The number of hydrogen-bond donors (Lipinski definition) is 1. The van der Waals surface area contributed by atoms with Crippen LogP contribution in [0.4, 0.5) is 0 Å². The highest BCUT2D eigenvalue weighted by atomic mass is 16.2. The number of nitrogens with two attached hydrogens (primary N) is 1. The zero-order valence-corrected chi connectivity index (χ0v) is 7.71. The maximum absolute atomic E-state index is 11.1. The van der Waals surface area contributed by atoms with E-state index < -0.39 is 0 Å². The Labute approximate surface area is 73.2 Å². The van der Waals surface area contributed by atoms with Gasteiger partial charge < -0.3 is 10.6 Å². The first-order valence-corrected chi connectivity index (χ1v) is 4.14. The minimum absolute atomic E-state index is 0.00417. The number of likely N-dealkylation sites (tertiary alicyclic amines) is 1. The van der Waals surface area contributed by atoms with Gasteiger partial charge in [-0.2, -0.15) is 0 Å². The summed E-state index contributed by atoms with van der Waals surface area (Å²) in [7, 11) is 0. The van der Waals surface area contributed by atoms with Gasteiger partial charge in [0.25, 0.3) is 0 Å². The van der Waals surface area contributed by atoms with Crippen LogP contribution in [0.2, 0.25) is 0 Å². The van der Waals surface area contributed by atoms with E-state index in [1.165, 1.54) is 0 Å². The van der Waals surface area contributed by atoms with Crippen molar-refractivity contribution in [2.24, 2.45) is 11.1 Å². The van der Waals surface area contributed by atoms with Gasteiger partial charge in [-0.1, -0.05) is 19.9 Å². The van der Waals surface area contributed by atoms with Crippen molar-refractivity contribution in [3.8, 4) is 0 Å². The van der Waals surface area contributed by atoms with E-state index in [4.69, 9.17) is 5.73 Å². The van der Waals surface area contributed by atoms with Crippen molar-refractivity contribution in [1.29, 1.82) is 0 Å². The van der Waals surface area contributed by atoms with Crippen LogP contribution in [0.15, 0.2) is 12.7 Å². The predicted octanol–water partition coefficient (Wildman–Crippen LogP) is 0.368. The summed E-state index contributed by atoms with van der Waals surface area (Å²) in [5, 5.41) is 0. The van der Waals surface area contributed by atoms with Crippen LogP contribution in [-0.4, -0.2) is 29.9 Å². The van der Waals surface area contributed by atoms with Crippen molar-refractivity contribution in [2.45, 2.75) is 19.9 Å². The van der Waals surface area contributed by atoms with Gasteiger partial charge in [-0.25, -0.2) is 0 Å².